The molecule has 34 heavy (non-hydrogen) atoms. The van der Waals surface area contributed by atoms with E-state index in [2.05, 4.69) is 36.4 Å². The van der Waals surface area contributed by atoms with Gasteiger partial charge in [0.15, 0.2) is 0 Å². The zero-order valence-electron chi connectivity index (χ0n) is 19.1. The van der Waals surface area contributed by atoms with Crippen LogP contribution in [0.25, 0.3) is 11.1 Å². The lowest BCUT2D eigenvalue weighted by Crippen LogP contribution is -2.42. The third kappa shape index (κ3) is 3.32. The number of guanidine groups is 1. The molecule has 0 radical (unpaired) electrons. The molecule has 170 valence electrons. The molecule has 2 N–H and O–H groups in total. The number of fused-ring (bicyclic) bond motifs is 3. The molecule has 0 aromatic heterocycles. The van der Waals surface area contributed by atoms with Gasteiger partial charge in [0.1, 0.15) is 11.9 Å². The summed E-state index contributed by atoms with van der Waals surface area (Å²) < 4.78 is 6.66. The third-order valence-electron chi connectivity index (χ3n) is 7.25. The summed E-state index contributed by atoms with van der Waals surface area (Å²) in [6.45, 7) is 0. The largest absolute Gasteiger partial charge is 0.489 e. The molecule has 6 rings (SSSR count). The Morgan fingerprint density at radius 3 is 2.76 bits per heavy atom. The van der Waals surface area contributed by atoms with Crippen LogP contribution >= 0.6 is 0 Å². The van der Waals surface area contributed by atoms with Crippen LogP contribution in [-0.4, -0.2) is 24.2 Å². The molecule has 0 amide bonds. The van der Waals surface area contributed by atoms with Gasteiger partial charge in [-0.05, 0) is 65.8 Å². The maximum atomic E-state index is 9.32. The Balaban J connectivity index is 1.44. The molecule has 2 heterocycles. The smallest absolute Gasteiger partial charge is 0.221 e. The first-order chi connectivity index (χ1) is 16.6. The maximum absolute atomic E-state index is 9.32. The van der Waals surface area contributed by atoms with Crippen LogP contribution in [-0.2, 0) is 17.0 Å². The highest BCUT2D eigenvalue weighted by Gasteiger charge is 2.50. The molecule has 1 spiro atoms. The van der Waals surface area contributed by atoms with Crippen LogP contribution in [0.1, 0.15) is 47.4 Å². The van der Waals surface area contributed by atoms with Crippen molar-refractivity contribution in [2.75, 3.05) is 7.05 Å². The number of hydrogen-bond acceptors (Lipinski definition) is 6. The predicted molar refractivity (Wildman–Crippen MR) is 130 cm³/mol. The summed E-state index contributed by atoms with van der Waals surface area (Å²) in [7, 11) is 1.79. The molecule has 2 aliphatic heterocycles. The Kier molecular flexibility index (Phi) is 4.82. The number of aryl methyl sites for hydroxylation is 1. The molecule has 3 aromatic rings. The summed E-state index contributed by atoms with van der Waals surface area (Å²) in [4.78, 5) is 11.2. The van der Waals surface area contributed by atoms with Gasteiger partial charge in [-0.25, -0.2) is 14.9 Å². The van der Waals surface area contributed by atoms with Crippen molar-refractivity contribution in [3.05, 3.63) is 89.0 Å². The van der Waals surface area contributed by atoms with E-state index < -0.39 is 5.72 Å². The van der Waals surface area contributed by atoms with Crippen molar-refractivity contribution in [1.82, 2.24) is 5.06 Å². The van der Waals surface area contributed by atoms with Gasteiger partial charge in [-0.2, -0.15) is 5.26 Å². The van der Waals surface area contributed by atoms with E-state index in [0.29, 0.717) is 17.9 Å². The zero-order chi connectivity index (χ0) is 23.3. The van der Waals surface area contributed by atoms with E-state index in [1.165, 1.54) is 11.1 Å². The minimum Gasteiger partial charge on any atom is -0.489 e. The van der Waals surface area contributed by atoms with Gasteiger partial charge in [-0.1, -0.05) is 42.5 Å². The topological polar surface area (TPSA) is 83.9 Å². The lowest BCUT2D eigenvalue weighted by atomic mass is 9.76. The number of nitrogens with zero attached hydrogens (tertiary/aromatic N) is 3. The lowest BCUT2D eigenvalue weighted by Gasteiger charge is -2.41. The Morgan fingerprint density at radius 1 is 1.09 bits per heavy atom. The second-order valence-corrected chi connectivity index (χ2v) is 9.30. The molecule has 0 saturated heterocycles. The second kappa shape index (κ2) is 7.89. The van der Waals surface area contributed by atoms with Crippen LogP contribution < -0.4 is 10.5 Å². The summed E-state index contributed by atoms with van der Waals surface area (Å²) in [5.74, 6) is 1.40. The van der Waals surface area contributed by atoms with Crippen molar-refractivity contribution in [2.45, 2.75) is 43.4 Å². The quantitative estimate of drug-likeness (QED) is 0.604. The van der Waals surface area contributed by atoms with Crippen LogP contribution in [0.15, 0.2) is 71.7 Å². The molecule has 3 unspecified atom stereocenters. The lowest BCUT2D eigenvalue weighted by molar-refractivity contribution is -0.192. The second-order valence-electron chi connectivity index (χ2n) is 9.30. The highest BCUT2D eigenvalue weighted by atomic mass is 16.7. The average Bonchev–Trinajstić information content (AvgIpc) is 3.16. The van der Waals surface area contributed by atoms with Crippen LogP contribution in [0.5, 0.6) is 5.75 Å². The van der Waals surface area contributed by atoms with Gasteiger partial charge in [0, 0.05) is 19.4 Å². The number of aliphatic imine (C=N–C) groups is 1. The minimum absolute atomic E-state index is 0.0789. The van der Waals surface area contributed by atoms with Gasteiger partial charge in [-0.3, -0.25) is 0 Å². The van der Waals surface area contributed by atoms with E-state index in [4.69, 9.17) is 20.3 Å². The Labute approximate surface area is 199 Å². The third-order valence-corrected chi connectivity index (χ3v) is 7.25. The van der Waals surface area contributed by atoms with Gasteiger partial charge in [0.2, 0.25) is 11.7 Å². The average molecular weight is 451 g/mol. The fraction of sp³-hybridized carbons (Fsp3) is 0.286. The number of ether oxygens (including phenoxy) is 1. The first-order valence-corrected chi connectivity index (χ1v) is 11.7. The summed E-state index contributed by atoms with van der Waals surface area (Å²) in [5.41, 5.74) is 11.5. The van der Waals surface area contributed by atoms with Crippen molar-refractivity contribution in [3.8, 4) is 22.9 Å². The molecule has 6 heteroatoms. The summed E-state index contributed by atoms with van der Waals surface area (Å²) in [6, 6.07) is 24.6. The molecular formula is C28H26N4O2. The fourth-order valence-corrected chi connectivity index (χ4v) is 5.62. The van der Waals surface area contributed by atoms with Crippen molar-refractivity contribution in [1.29, 1.82) is 5.26 Å². The van der Waals surface area contributed by atoms with Crippen LogP contribution in [0.4, 0.5) is 0 Å². The van der Waals surface area contributed by atoms with E-state index >= 15 is 0 Å². The van der Waals surface area contributed by atoms with Crippen molar-refractivity contribution >= 4 is 5.96 Å². The minimum atomic E-state index is -0.938. The molecular weight excluding hydrogens is 424 g/mol. The summed E-state index contributed by atoms with van der Waals surface area (Å²) in [6.07, 6.45) is 3.82. The van der Waals surface area contributed by atoms with E-state index in [1.807, 2.05) is 30.3 Å². The van der Waals surface area contributed by atoms with Crippen molar-refractivity contribution in [2.24, 2.45) is 10.7 Å². The Hall–Kier alpha value is -3.82. The molecule has 0 fully saturated rings. The molecule has 0 saturated carbocycles. The van der Waals surface area contributed by atoms with Gasteiger partial charge < -0.3 is 10.5 Å². The summed E-state index contributed by atoms with van der Waals surface area (Å²) >= 11 is 0. The maximum Gasteiger partial charge on any atom is 0.221 e. The van der Waals surface area contributed by atoms with Crippen LogP contribution in [0.3, 0.4) is 0 Å². The normalized spacial score (nSPS) is 25.2. The predicted octanol–water partition coefficient (Wildman–Crippen LogP) is 4.84. The van der Waals surface area contributed by atoms with Gasteiger partial charge >= 0.3 is 0 Å². The first kappa shape index (κ1) is 20.8. The van der Waals surface area contributed by atoms with Crippen molar-refractivity contribution in [3.63, 3.8) is 0 Å². The zero-order valence-corrected chi connectivity index (χ0v) is 19.1. The highest BCUT2D eigenvalue weighted by molar-refractivity contribution is 5.79. The van der Waals surface area contributed by atoms with Crippen LogP contribution in [0.2, 0.25) is 0 Å². The number of rotatable bonds is 2. The summed E-state index contributed by atoms with van der Waals surface area (Å²) in [5, 5.41) is 10.9. The molecule has 1 aliphatic carbocycles. The van der Waals surface area contributed by atoms with Crippen molar-refractivity contribution < 1.29 is 9.57 Å². The molecule has 3 atom stereocenters. The fourth-order valence-electron chi connectivity index (χ4n) is 5.62. The van der Waals surface area contributed by atoms with Gasteiger partial charge in [0.25, 0.3) is 0 Å². The monoisotopic (exact) mass is 450 g/mol. The SMILES string of the molecule is CN1OC2(CC(C3CCCc4ccccc43)Oc3ccc(-c4cccc(C#N)c4)cc32)N=C1N. The van der Waals surface area contributed by atoms with Crippen LogP contribution in [0, 0.1) is 11.3 Å². The highest BCUT2D eigenvalue weighted by Crippen LogP contribution is 2.50. The standard InChI is InChI=1S/C28H26N4O2/c1-32-27(30)31-28(34-32)16-26(23-11-5-8-19-7-2-3-10-22(19)23)33-25-13-12-21(15-24(25)28)20-9-4-6-18(14-20)17-29/h2-4,6-7,9-10,12-15,23,26H,5,8,11,16H2,1H3,(H2,30,31). The Bertz CT molecular complexity index is 1340. The molecule has 6 nitrogen and oxygen atoms in total. The first-order valence-electron chi connectivity index (χ1n) is 11.7. The number of hydrogen-bond donors (Lipinski definition) is 1. The van der Waals surface area contributed by atoms with Gasteiger partial charge in [-0.15, -0.1) is 0 Å². The molecule has 0 bridgehead atoms. The van der Waals surface area contributed by atoms with Gasteiger partial charge in [0.05, 0.1) is 17.2 Å². The number of nitriles is 1. The Morgan fingerprint density at radius 2 is 1.94 bits per heavy atom. The van der Waals surface area contributed by atoms with E-state index in [9.17, 15) is 5.26 Å². The van der Waals surface area contributed by atoms with E-state index in [-0.39, 0.29) is 12.0 Å². The number of nitrogens with two attached hydrogens (primary N) is 1. The molecule has 3 aliphatic rings. The van der Waals surface area contributed by atoms with E-state index in [0.717, 1.165) is 41.7 Å². The number of hydroxylamine groups is 2. The van der Waals surface area contributed by atoms with E-state index in [1.54, 1.807) is 18.2 Å². The number of benzene rings is 3. The molecule has 3 aromatic carbocycles.